The van der Waals surface area contributed by atoms with Crippen molar-refractivity contribution >= 4 is 13.7 Å². The lowest BCUT2D eigenvalue weighted by Crippen LogP contribution is -2.48. The maximum Gasteiger partial charge on any atom is 0.460 e. The SMILES string of the molecule is C[C@H](NP(=O)(Oc1ccccc1)O[C@@H]([C@H]1O[C@@H](n2cc(F)c(=O)[nH]c2=O)C[C@@H]1O)C(F)(F)F)C(=O)O. The number of carbonyl (C=O) groups is 1. The maximum atomic E-state index is 14.0. The Morgan fingerprint density at radius 1 is 1.31 bits per heavy atom. The summed E-state index contributed by atoms with van der Waals surface area (Å²) < 4.78 is 84.4. The molecule has 0 aliphatic carbocycles. The van der Waals surface area contributed by atoms with Gasteiger partial charge in [0.25, 0.3) is 5.56 Å². The number of H-pyrrole nitrogens is 1. The van der Waals surface area contributed by atoms with Crippen LogP contribution in [0.4, 0.5) is 17.6 Å². The van der Waals surface area contributed by atoms with E-state index in [4.69, 9.17) is 18.9 Å². The second kappa shape index (κ2) is 10.5. The molecule has 1 aliphatic heterocycles. The molecular formula is C19H20F4N3O9P. The van der Waals surface area contributed by atoms with Crippen LogP contribution < -0.4 is 20.9 Å². The number of nitrogens with one attached hydrogen (secondary N) is 2. The van der Waals surface area contributed by atoms with E-state index in [9.17, 15) is 41.6 Å². The number of nitrogens with zero attached hydrogens (tertiary/aromatic N) is 1. The first-order valence-electron chi connectivity index (χ1n) is 10.1. The van der Waals surface area contributed by atoms with E-state index >= 15 is 0 Å². The van der Waals surface area contributed by atoms with Gasteiger partial charge >= 0.3 is 25.6 Å². The monoisotopic (exact) mass is 541 g/mol. The Morgan fingerprint density at radius 3 is 2.53 bits per heavy atom. The van der Waals surface area contributed by atoms with Crippen molar-refractivity contribution in [2.75, 3.05) is 0 Å². The average Bonchev–Trinajstić information content (AvgIpc) is 3.15. The summed E-state index contributed by atoms with van der Waals surface area (Å²) in [5.41, 5.74) is -2.60. The lowest BCUT2D eigenvalue weighted by Gasteiger charge is -2.31. The number of halogens is 4. The number of aromatic amines is 1. The molecular weight excluding hydrogens is 521 g/mol. The smallest absolute Gasteiger partial charge is 0.460 e. The number of benzene rings is 1. The molecule has 12 nitrogen and oxygen atoms in total. The Labute approximate surface area is 199 Å². The van der Waals surface area contributed by atoms with Crippen LogP contribution in [0.5, 0.6) is 5.75 Å². The molecule has 0 spiro atoms. The van der Waals surface area contributed by atoms with Gasteiger partial charge in [0.15, 0.2) is 6.10 Å². The van der Waals surface area contributed by atoms with Gasteiger partial charge in [0, 0.05) is 6.42 Å². The molecule has 1 aliphatic rings. The van der Waals surface area contributed by atoms with Crippen LogP contribution in [-0.4, -0.2) is 56.3 Å². The molecule has 6 atom stereocenters. The lowest BCUT2D eigenvalue weighted by atomic mass is 10.1. The Morgan fingerprint density at radius 2 is 1.94 bits per heavy atom. The van der Waals surface area contributed by atoms with E-state index in [1.54, 1.807) is 4.98 Å². The average molecular weight is 541 g/mol. The summed E-state index contributed by atoms with van der Waals surface area (Å²) in [5, 5.41) is 21.3. The molecule has 17 heteroatoms. The summed E-state index contributed by atoms with van der Waals surface area (Å²) in [6, 6.07) is 5.07. The zero-order valence-electron chi connectivity index (χ0n) is 18.2. The van der Waals surface area contributed by atoms with Crippen LogP contribution in [0.15, 0.2) is 46.1 Å². The molecule has 2 heterocycles. The number of rotatable bonds is 9. The van der Waals surface area contributed by atoms with Crippen LogP contribution in [-0.2, 0) is 18.6 Å². The van der Waals surface area contributed by atoms with Crippen LogP contribution >= 0.6 is 7.75 Å². The Hall–Kier alpha value is -3.04. The number of carboxylic acids is 1. The second-order valence-corrected chi connectivity index (χ2v) is 9.31. The molecule has 0 saturated carbocycles. The molecule has 1 aromatic heterocycles. The van der Waals surface area contributed by atoms with Crippen molar-refractivity contribution in [1.29, 1.82) is 0 Å². The number of hydrogen-bond acceptors (Lipinski definition) is 8. The van der Waals surface area contributed by atoms with Crippen molar-refractivity contribution in [2.45, 2.75) is 50.1 Å². The summed E-state index contributed by atoms with van der Waals surface area (Å²) in [6.07, 6.45) is -14.8. The molecule has 4 N–H and O–H groups in total. The van der Waals surface area contributed by atoms with E-state index in [0.717, 1.165) is 6.92 Å². The molecule has 0 radical (unpaired) electrons. The molecule has 1 unspecified atom stereocenters. The van der Waals surface area contributed by atoms with Gasteiger partial charge in [0.2, 0.25) is 5.82 Å². The van der Waals surface area contributed by atoms with Crippen molar-refractivity contribution < 1.29 is 50.9 Å². The Bertz CT molecular complexity index is 1250. The quantitative estimate of drug-likeness (QED) is 0.270. The minimum atomic E-state index is -5.36. The topological polar surface area (TPSA) is 169 Å². The minimum Gasteiger partial charge on any atom is -0.480 e. The maximum absolute atomic E-state index is 14.0. The van der Waals surface area contributed by atoms with E-state index in [-0.39, 0.29) is 5.75 Å². The van der Waals surface area contributed by atoms with Crippen LogP contribution in [0.25, 0.3) is 0 Å². The number of para-hydroxylation sites is 1. The van der Waals surface area contributed by atoms with Crippen molar-refractivity contribution in [3.05, 3.63) is 63.2 Å². The van der Waals surface area contributed by atoms with E-state index in [0.29, 0.717) is 10.8 Å². The lowest BCUT2D eigenvalue weighted by molar-refractivity contribution is -0.237. The van der Waals surface area contributed by atoms with Crippen LogP contribution in [0.2, 0.25) is 0 Å². The highest BCUT2D eigenvalue weighted by Crippen LogP contribution is 2.50. The summed E-state index contributed by atoms with van der Waals surface area (Å²) >= 11 is 0. The minimum absolute atomic E-state index is 0.229. The summed E-state index contributed by atoms with van der Waals surface area (Å²) in [4.78, 5) is 36.0. The number of aliphatic carboxylic acids is 1. The molecule has 1 fully saturated rings. The van der Waals surface area contributed by atoms with Crippen molar-refractivity contribution in [3.8, 4) is 5.75 Å². The normalized spacial score (nSPS) is 23.6. The van der Waals surface area contributed by atoms with E-state index in [1.807, 2.05) is 5.09 Å². The van der Waals surface area contributed by atoms with Gasteiger partial charge in [-0.15, -0.1) is 0 Å². The van der Waals surface area contributed by atoms with Gasteiger partial charge in [-0.2, -0.15) is 22.6 Å². The van der Waals surface area contributed by atoms with Gasteiger partial charge in [-0.25, -0.2) is 9.36 Å². The first-order valence-corrected chi connectivity index (χ1v) is 11.7. The van der Waals surface area contributed by atoms with Gasteiger partial charge < -0.3 is 19.5 Å². The third-order valence-corrected chi connectivity index (χ3v) is 6.59. The number of aliphatic hydroxyl groups is 1. The molecule has 1 saturated heterocycles. The summed E-state index contributed by atoms with van der Waals surface area (Å²) in [6.45, 7) is 0.976. The Balaban J connectivity index is 1.94. The Kier molecular flexibility index (Phi) is 8.05. The fourth-order valence-corrected chi connectivity index (χ4v) is 4.92. The molecule has 0 amide bonds. The van der Waals surface area contributed by atoms with E-state index < -0.39 is 74.0 Å². The number of alkyl halides is 3. The molecule has 2 aromatic rings. The molecule has 0 bridgehead atoms. The van der Waals surface area contributed by atoms with Crippen LogP contribution in [0.3, 0.4) is 0 Å². The van der Waals surface area contributed by atoms with Crippen molar-refractivity contribution in [1.82, 2.24) is 14.6 Å². The molecule has 3 rings (SSSR count). The van der Waals surface area contributed by atoms with Gasteiger partial charge in [-0.05, 0) is 19.1 Å². The predicted molar refractivity (Wildman–Crippen MR) is 112 cm³/mol. The van der Waals surface area contributed by atoms with Crippen molar-refractivity contribution in [2.24, 2.45) is 0 Å². The van der Waals surface area contributed by atoms with E-state index in [1.165, 1.54) is 30.3 Å². The largest absolute Gasteiger partial charge is 0.480 e. The van der Waals surface area contributed by atoms with Gasteiger partial charge in [-0.3, -0.25) is 23.7 Å². The number of carboxylic acid groups (broad SMARTS) is 1. The number of aromatic nitrogens is 2. The molecule has 1 aromatic carbocycles. The number of aliphatic hydroxyl groups excluding tert-OH is 1. The summed E-state index contributed by atoms with van der Waals surface area (Å²) in [7, 11) is -5.12. The first kappa shape index (κ1) is 27.5. The standard InChI is InChI=1S/C19H20F4N3O9P/c1-9(17(29)30)25-36(32,34-10-5-3-2-4-6-10)35-15(19(21,22)23)14-12(27)7-13(33-14)26-8-11(20)16(28)24-18(26)31/h2-6,8-9,12-15,27H,7H2,1H3,(H,25,32)(H,29,30)(H,24,28,31)/t9-,12-,13+,14-,15-,36?/m0/s1. The zero-order chi connectivity index (χ0) is 26.8. The highest BCUT2D eigenvalue weighted by molar-refractivity contribution is 7.52. The molecule has 36 heavy (non-hydrogen) atoms. The third kappa shape index (κ3) is 6.39. The predicted octanol–water partition coefficient (Wildman–Crippen LogP) is 1.52. The number of ether oxygens (including phenoxy) is 1. The first-order chi connectivity index (χ1) is 16.7. The van der Waals surface area contributed by atoms with Crippen molar-refractivity contribution in [3.63, 3.8) is 0 Å². The van der Waals surface area contributed by atoms with Gasteiger partial charge in [0.1, 0.15) is 24.1 Å². The van der Waals surface area contributed by atoms with Gasteiger partial charge in [-0.1, -0.05) is 18.2 Å². The second-order valence-electron chi connectivity index (χ2n) is 7.66. The number of hydrogen-bond donors (Lipinski definition) is 4. The zero-order valence-corrected chi connectivity index (χ0v) is 19.1. The third-order valence-electron chi connectivity index (χ3n) is 4.94. The highest BCUT2D eigenvalue weighted by Gasteiger charge is 2.56. The fourth-order valence-electron chi connectivity index (χ4n) is 3.24. The van der Waals surface area contributed by atoms with E-state index in [2.05, 4.69) is 0 Å². The van der Waals surface area contributed by atoms with Crippen LogP contribution in [0, 0.1) is 5.82 Å². The van der Waals surface area contributed by atoms with Crippen LogP contribution in [0.1, 0.15) is 19.6 Å². The highest BCUT2D eigenvalue weighted by atomic mass is 31.2. The molecule has 198 valence electrons. The summed E-state index contributed by atoms with van der Waals surface area (Å²) in [5.74, 6) is -3.25. The fraction of sp³-hybridized carbons (Fsp3) is 0.421. The van der Waals surface area contributed by atoms with Gasteiger partial charge in [0.05, 0.1) is 12.3 Å².